The number of rotatable bonds is 6. The molecule has 146 valence electrons. The second kappa shape index (κ2) is 8.73. The smallest absolute Gasteiger partial charge is 0.138 e. The molecule has 0 aliphatic carbocycles. The maximum Gasteiger partial charge on any atom is 0.138 e. The van der Waals surface area contributed by atoms with Gasteiger partial charge in [-0.1, -0.05) is 11.6 Å². The molecule has 1 atom stereocenters. The van der Waals surface area contributed by atoms with Crippen LogP contribution in [0.1, 0.15) is 6.92 Å². The first-order valence-electron chi connectivity index (χ1n) is 9.41. The molecule has 1 unspecified atom stereocenters. The van der Waals surface area contributed by atoms with Crippen LogP contribution in [-0.2, 0) is 4.74 Å². The van der Waals surface area contributed by atoms with Crippen molar-refractivity contribution in [3.05, 3.63) is 53.9 Å². The highest BCUT2D eigenvalue weighted by Gasteiger charge is 2.15. The first-order valence-corrected chi connectivity index (χ1v) is 9.79. The normalized spacial score (nSPS) is 16.1. The molecular formula is C21H23ClN4O2. The molecule has 4 rings (SSSR count). The van der Waals surface area contributed by atoms with Gasteiger partial charge >= 0.3 is 0 Å². The summed E-state index contributed by atoms with van der Waals surface area (Å²) in [5.74, 6) is 1.63. The Morgan fingerprint density at radius 2 is 2.04 bits per heavy atom. The molecule has 7 heteroatoms. The predicted molar refractivity (Wildman–Crippen MR) is 112 cm³/mol. The van der Waals surface area contributed by atoms with E-state index in [1.807, 2.05) is 24.3 Å². The monoisotopic (exact) mass is 398 g/mol. The summed E-state index contributed by atoms with van der Waals surface area (Å²) in [7, 11) is 0. The number of morpholine rings is 1. The van der Waals surface area contributed by atoms with Crippen molar-refractivity contribution in [2.75, 3.05) is 38.2 Å². The van der Waals surface area contributed by atoms with E-state index in [9.17, 15) is 0 Å². The molecule has 1 fully saturated rings. The van der Waals surface area contributed by atoms with Crippen molar-refractivity contribution in [3.63, 3.8) is 0 Å². The van der Waals surface area contributed by atoms with Crippen LogP contribution in [0.25, 0.3) is 10.8 Å². The van der Waals surface area contributed by atoms with Crippen LogP contribution in [0.5, 0.6) is 5.75 Å². The lowest BCUT2D eigenvalue weighted by Gasteiger charge is -2.29. The fourth-order valence-electron chi connectivity index (χ4n) is 3.33. The third kappa shape index (κ3) is 4.70. The van der Waals surface area contributed by atoms with E-state index in [2.05, 4.69) is 33.2 Å². The molecular weight excluding hydrogens is 376 g/mol. The quantitative estimate of drug-likeness (QED) is 0.630. The largest absolute Gasteiger partial charge is 0.489 e. The minimum atomic E-state index is 0.107. The first-order chi connectivity index (χ1) is 13.7. The molecule has 3 heterocycles. The fraction of sp³-hybridized carbons (Fsp3) is 0.333. The van der Waals surface area contributed by atoms with Crippen molar-refractivity contribution in [2.24, 2.45) is 0 Å². The maximum atomic E-state index is 6.15. The van der Waals surface area contributed by atoms with Gasteiger partial charge in [0.05, 0.1) is 25.1 Å². The van der Waals surface area contributed by atoms with Gasteiger partial charge in [-0.2, -0.15) is 0 Å². The van der Waals surface area contributed by atoms with Crippen LogP contribution in [0.4, 0.5) is 11.5 Å². The van der Waals surface area contributed by atoms with Gasteiger partial charge in [-0.3, -0.25) is 4.90 Å². The van der Waals surface area contributed by atoms with Gasteiger partial charge in [0.1, 0.15) is 22.8 Å². The van der Waals surface area contributed by atoms with Gasteiger partial charge in [0, 0.05) is 31.2 Å². The lowest BCUT2D eigenvalue weighted by atomic mass is 10.1. The summed E-state index contributed by atoms with van der Waals surface area (Å²) in [5, 5.41) is 5.84. The number of halogens is 1. The second-order valence-electron chi connectivity index (χ2n) is 6.88. The van der Waals surface area contributed by atoms with Gasteiger partial charge in [0.2, 0.25) is 0 Å². The number of hydrogen-bond donors (Lipinski definition) is 1. The average Bonchev–Trinajstić information content (AvgIpc) is 2.70. The highest BCUT2D eigenvalue weighted by Crippen LogP contribution is 2.28. The van der Waals surface area contributed by atoms with E-state index in [4.69, 9.17) is 21.1 Å². The van der Waals surface area contributed by atoms with E-state index >= 15 is 0 Å². The Labute approximate surface area is 169 Å². The number of anilines is 2. The van der Waals surface area contributed by atoms with E-state index < -0.39 is 0 Å². The molecule has 28 heavy (non-hydrogen) atoms. The minimum absolute atomic E-state index is 0.107. The fourth-order valence-corrected chi connectivity index (χ4v) is 3.44. The summed E-state index contributed by atoms with van der Waals surface area (Å²) in [6.45, 7) is 6.53. The molecule has 1 aromatic carbocycles. The molecule has 1 N–H and O–H groups in total. The lowest BCUT2D eigenvalue weighted by molar-refractivity contribution is 0.0219. The average molecular weight is 399 g/mol. The molecule has 2 aromatic heterocycles. The van der Waals surface area contributed by atoms with Crippen LogP contribution in [0.3, 0.4) is 0 Å². The Hall–Kier alpha value is -2.41. The van der Waals surface area contributed by atoms with Crippen LogP contribution >= 0.6 is 11.6 Å². The summed E-state index contributed by atoms with van der Waals surface area (Å²) < 4.78 is 11.6. The molecule has 0 bridgehead atoms. The first kappa shape index (κ1) is 18.9. The zero-order chi connectivity index (χ0) is 19.3. The van der Waals surface area contributed by atoms with E-state index in [-0.39, 0.29) is 6.10 Å². The molecule has 1 aliphatic heterocycles. The Kier molecular flexibility index (Phi) is 5.90. The third-order valence-corrected chi connectivity index (χ3v) is 4.91. The Balaban J connectivity index is 1.47. The summed E-state index contributed by atoms with van der Waals surface area (Å²) in [6.07, 6.45) is 3.58. The Bertz CT molecular complexity index is 929. The number of aromatic nitrogens is 2. The third-order valence-electron chi connectivity index (χ3n) is 4.68. The number of hydrogen-bond acceptors (Lipinski definition) is 6. The van der Waals surface area contributed by atoms with Crippen LogP contribution < -0.4 is 10.1 Å². The predicted octanol–water partition coefficient (Wildman–Crippen LogP) is 4.13. The van der Waals surface area contributed by atoms with Gasteiger partial charge in [-0.05, 0) is 48.7 Å². The van der Waals surface area contributed by atoms with Crippen LogP contribution in [0.15, 0.2) is 48.8 Å². The number of benzene rings is 1. The molecule has 1 aliphatic rings. The number of nitrogens with zero attached hydrogens (tertiary/aromatic N) is 3. The molecule has 3 aromatic rings. The molecule has 6 nitrogen and oxygen atoms in total. The zero-order valence-electron chi connectivity index (χ0n) is 15.8. The lowest BCUT2D eigenvalue weighted by Crippen LogP contribution is -2.41. The number of fused-ring (bicyclic) bond motifs is 1. The summed E-state index contributed by atoms with van der Waals surface area (Å²) in [4.78, 5) is 10.9. The van der Waals surface area contributed by atoms with Crippen molar-refractivity contribution in [1.29, 1.82) is 0 Å². The van der Waals surface area contributed by atoms with Gasteiger partial charge < -0.3 is 14.8 Å². The van der Waals surface area contributed by atoms with Crippen molar-refractivity contribution < 1.29 is 9.47 Å². The van der Waals surface area contributed by atoms with E-state index in [1.165, 1.54) is 0 Å². The molecule has 0 spiro atoms. The van der Waals surface area contributed by atoms with E-state index in [0.717, 1.165) is 60.9 Å². The zero-order valence-corrected chi connectivity index (χ0v) is 16.5. The summed E-state index contributed by atoms with van der Waals surface area (Å²) in [6, 6.07) is 11.7. The maximum absolute atomic E-state index is 6.15. The number of pyridine rings is 2. The topological polar surface area (TPSA) is 59.5 Å². The van der Waals surface area contributed by atoms with Gasteiger partial charge in [0.15, 0.2) is 0 Å². The van der Waals surface area contributed by atoms with Crippen LogP contribution in [-0.4, -0.2) is 53.8 Å². The van der Waals surface area contributed by atoms with Crippen molar-refractivity contribution >= 4 is 33.9 Å². The Morgan fingerprint density at radius 3 is 2.82 bits per heavy atom. The summed E-state index contributed by atoms with van der Waals surface area (Å²) in [5.41, 5.74) is 0.837. The molecule has 0 saturated carbocycles. The molecule has 0 amide bonds. The minimum Gasteiger partial charge on any atom is -0.489 e. The number of ether oxygens (including phenoxy) is 2. The molecule has 0 radical (unpaired) electrons. The SMILES string of the molecule is CC(CN1CCOCC1)Oc1ccc2c(Nc3ccc(Cl)nc3)nccc2c1. The van der Waals surface area contributed by atoms with E-state index in [0.29, 0.717) is 5.15 Å². The van der Waals surface area contributed by atoms with Crippen molar-refractivity contribution in [1.82, 2.24) is 14.9 Å². The van der Waals surface area contributed by atoms with Gasteiger partial charge in [-0.15, -0.1) is 0 Å². The van der Waals surface area contributed by atoms with Crippen molar-refractivity contribution in [3.8, 4) is 5.75 Å². The second-order valence-corrected chi connectivity index (χ2v) is 7.27. The van der Waals surface area contributed by atoms with Gasteiger partial charge in [-0.25, -0.2) is 9.97 Å². The highest BCUT2D eigenvalue weighted by atomic mass is 35.5. The van der Waals surface area contributed by atoms with Crippen molar-refractivity contribution in [2.45, 2.75) is 13.0 Å². The number of nitrogens with one attached hydrogen (secondary N) is 1. The Morgan fingerprint density at radius 1 is 1.18 bits per heavy atom. The van der Waals surface area contributed by atoms with Crippen LogP contribution in [0.2, 0.25) is 5.15 Å². The van der Waals surface area contributed by atoms with Gasteiger partial charge in [0.25, 0.3) is 0 Å². The standard InChI is InChI=1S/C21H23ClN4O2/c1-15(14-26-8-10-27-11-9-26)28-18-3-4-19-16(12-18)6-7-23-21(19)25-17-2-5-20(22)24-13-17/h2-7,12-13,15H,8-11,14H2,1H3,(H,23,25). The van der Waals surface area contributed by atoms with Crippen LogP contribution in [0, 0.1) is 0 Å². The molecule has 1 saturated heterocycles. The summed E-state index contributed by atoms with van der Waals surface area (Å²) >= 11 is 5.85. The highest BCUT2D eigenvalue weighted by molar-refractivity contribution is 6.29. The van der Waals surface area contributed by atoms with E-state index in [1.54, 1.807) is 18.5 Å².